The van der Waals surface area contributed by atoms with Gasteiger partial charge in [0.2, 0.25) is 0 Å². The summed E-state index contributed by atoms with van der Waals surface area (Å²) in [6.07, 6.45) is -7.70. The summed E-state index contributed by atoms with van der Waals surface area (Å²) in [6.45, 7) is 0. The third kappa shape index (κ3) is 2.87. The van der Waals surface area contributed by atoms with E-state index in [1.807, 2.05) is 0 Å². The van der Waals surface area contributed by atoms with Crippen molar-refractivity contribution in [2.45, 2.75) is 33.4 Å². The zero-order valence-corrected chi connectivity index (χ0v) is 12.4. The summed E-state index contributed by atoms with van der Waals surface area (Å²) in [5.74, 6) is -16.4. The molecule has 0 spiro atoms. The molecule has 0 bridgehead atoms. The van der Waals surface area contributed by atoms with Crippen molar-refractivity contribution >= 4 is 19.7 Å². The first-order valence-corrected chi connectivity index (χ1v) is 7.85. The summed E-state index contributed by atoms with van der Waals surface area (Å²) < 4.78 is 207. The Balaban J connectivity index is 6.83. The minimum atomic E-state index is -9.18. The van der Waals surface area contributed by atoms with Gasteiger partial charge in [0, 0.05) is 0 Å². The number of sulfone groups is 2. The molecule has 0 radical (unpaired) electrons. The largest absolute Gasteiger partial charge is 0.504 e. The maximum absolute atomic E-state index is 13.0. The van der Waals surface area contributed by atoms with Gasteiger partial charge in [-0.25, -0.2) is 16.8 Å². The molecule has 0 aromatic heterocycles. The molecule has 0 aromatic carbocycles. The van der Waals surface area contributed by atoms with Gasteiger partial charge in [-0.1, -0.05) is 0 Å². The summed E-state index contributed by atoms with van der Waals surface area (Å²) in [6, 6.07) is 0. The van der Waals surface area contributed by atoms with E-state index in [2.05, 4.69) is 0 Å². The van der Waals surface area contributed by atoms with E-state index in [4.69, 9.17) is 0 Å². The van der Waals surface area contributed by atoms with Gasteiger partial charge in [-0.05, 0) is 0 Å². The van der Waals surface area contributed by atoms with Crippen molar-refractivity contribution in [1.82, 2.24) is 0 Å². The molecule has 0 N–H and O–H groups in total. The van der Waals surface area contributed by atoms with Crippen molar-refractivity contribution < 1.29 is 78.3 Å². The van der Waals surface area contributed by atoms with Crippen molar-refractivity contribution in [2.75, 3.05) is 0 Å². The first kappa shape index (κ1) is 24.9. The van der Waals surface area contributed by atoms with E-state index in [1.54, 1.807) is 0 Å². The van der Waals surface area contributed by atoms with Crippen molar-refractivity contribution in [3.8, 4) is 0 Å². The molecule has 0 heterocycles. The maximum atomic E-state index is 13.0. The van der Waals surface area contributed by atoms with Gasteiger partial charge in [0.05, 0.1) is 0 Å². The predicted molar refractivity (Wildman–Crippen MR) is 49.7 cm³/mol. The third-order valence-corrected chi connectivity index (χ3v) is 6.49. The van der Waals surface area contributed by atoms with Crippen LogP contribution in [0.4, 0.5) is 61.5 Å². The highest BCUT2D eigenvalue weighted by molar-refractivity contribution is 8.10. The number of halogens is 14. The smallest absolute Gasteiger partial charge is 0.215 e. The summed E-state index contributed by atoms with van der Waals surface area (Å²) in [5, 5.41) is -8.32. The SMILES string of the molecule is O=S(=O)(C(F)(F)F)C(F)(F)S(=O)(=O)C(F)(F)C(F)(F)C(F)(F)C(F)(F)F. The second-order valence-electron chi connectivity index (χ2n) is 4.08. The van der Waals surface area contributed by atoms with E-state index in [-0.39, 0.29) is 0 Å². The molecule has 0 amide bonds. The predicted octanol–water partition coefficient (Wildman–Crippen LogP) is 3.31. The lowest BCUT2D eigenvalue weighted by Crippen LogP contribution is -2.66. The number of hydrogen-bond acceptors (Lipinski definition) is 4. The number of alkyl halides is 14. The van der Waals surface area contributed by atoms with Crippen LogP contribution in [0.3, 0.4) is 0 Å². The molecule has 0 aliphatic rings. The van der Waals surface area contributed by atoms with Crippen molar-refractivity contribution in [2.24, 2.45) is 0 Å². The fourth-order valence-electron chi connectivity index (χ4n) is 0.958. The van der Waals surface area contributed by atoms with E-state index in [0.717, 1.165) is 0 Å². The Morgan fingerprint density at radius 3 is 1.00 bits per heavy atom. The molecular weight excluding hydrogens is 466 g/mol. The first-order valence-electron chi connectivity index (χ1n) is 4.88. The summed E-state index contributed by atoms with van der Waals surface area (Å²) >= 11 is 0. The maximum Gasteiger partial charge on any atom is 0.504 e. The third-order valence-electron chi connectivity index (χ3n) is 2.38. The van der Waals surface area contributed by atoms with Crippen LogP contribution in [-0.2, 0) is 19.7 Å². The van der Waals surface area contributed by atoms with E-state index in [1.165, 1.54) is 0 Å². The normalized spacial score (nSPS) is 16.7. The van der Waals surface area contributed by atoms with Gasteiger partial charge in [0.25, 0.3) is 0 Å². The van der Waals surface area contributed by atoms with Crippen LogP contribution < -0.4 is 0 Å². The molecule has 0 unspecified atom stereocenters. The molecule has 0 aromatic rings. The molecule has 0 saturated heterocycles. The van der Waals surface area contributed by atoms with E-state index >= 15 is 0 Å². The lowest BCUT2D eigenvalue weighted by atomic mass is 10.1. The van der Waals surface area contributed by atoms with Crippen LogP contribution in [-0.4, -0.2) is 50.2 Å². The van der Waals surface area contributed by atoms with Crippen LogP contribution in [0.5, 0.6) is 0 Å². The number of hydrogen-bond donors (Lipinski definition) is 0. The van der Waals surface area contributed by atoms with Crippen LogP contribution in [0.2, 0.25) is 0 Å². The van der Waals surface area contributed by atoms with Gasteiger partial charge >= 0.3 is 53.0 Å². The highest BCUT2D eigenvalue weighted by atomic mass is 32.3. The lowest BCUT2D eigenvalue weighted by Gasteiger charge is -2.34. The monoisotopic (exact) mass is 466 g/mol. The van der Waals surface area contributed by atoms with Gasteiger partial charge in [-0.2, -0.15) is 61.5 Å². The summed E-state index contributed by atoms with van der Waals surface area (Å²) in [5.41, 5.74) is -7.40. The van der Waals surface area contributed by atoms with Gasteiger partial charge in [-0.3, -0.25) is 0 Å². The molecule has 0 rings (SSSR count). The van der Waals surface area contributed by atoms with Gasteiger partial charge < -0.3 is 0 Å². The molecule has 0 aliphatic heterocycles. The average Bonchev–Trinajstić information content (AvgIpc) is 2.34. The minimum Gasteiger partial charge on any atom is -0.215 e. The quantitative estimate of drug-likeness (QED) is 0.584. The number of rotatable bonds is 5. The van der Waals surface area contributed by atoms with Crippen LogP contribution in [0, 0.1) is 0 Å². The summed E-state index contributed by atoms with van der Waals surface area (Å²) in [7, 11) is -17.8. The topological polar surface area (TPSA) is 68.3 Å². The molecule has 0 saturated carbocycles. The Labute approximate surface area is 132 Å². The Bertz CT molecular complexity index is 754. The first-order chi connectivity index (χ1) is 10.8. The van der Waals surface area contributed by atoms with E-state index in [9.17, 15) is 78.3 Å². The van der Waals surface area contributed by atoms with Crippen LogP contribution in [0.1, 0.15) is 0 Å². The molecule has 158 valence electrons. The molecule has 0 fully saturated rings. The molecular formula is C6F14O4S2. The van der Waals surface area contributed by atoms with E-state index in [0.29, 0.717) is 0 Å². The minimum absolute atomic E-state index is 7.40. The fraction of sp³-hybridized carbons (Fsp3) is 1.00. The Hall–Kier alpha value is -1.08. The Morgan fingerprint density at radius 2 is 0.769 bits per heavy atom. The van der Waals surface area contributed by atoms with Crippen molar-refractivity contribution in [3.05, 3.63) is 0 Å². The molecule has 0 aliphatic carbocycles. The van der Waals surface area contributed by atoms with Gasteiger partial charge in [0.15, 0.2) is 0 Å². The highest BCUT2D eigenvalue weighted by Gasteiger charge is 2.89. The molecule has 26 heavy (non-hydrogen) atoms. The summed E-state index contributed by atoms with van der Waals surface area (Å²) in [4.78, 5) is 0. The zero-order chi connectivity index (χ0) is 22.0. The second kappa shape index (κ2) is 5.71. The average molecular weight is 466 g/mol. The Morgan fingerprint density at radius 1 is 0.462 bits per heavy atom. The fourth-order valence-corrected chi connectivity index (χ4v) is 3.74. The van der Waals surface area contributed by atoms with E-state index < -0.39 is 53.0 Å². The van der Waals surface area contributed by atoms with Crippen LogP contribution in [0.15, 0.2) is 0 Å². The van der Waals surface area contributed by atoms with Gasteiger partial charge in [-0.15, -0.1) is 0 Å². The van der Waals surface area contributed by atoms with Gasteiger partial charge in [0.1, 0.15) is 0 Å². The standard InChI is InChI=1S/C6F14O4S2/c7-1(8,3(11,12)13)2(9,10)4(14,15)25(21,22)6(19,20)26(23,24)5(16,17)18. The van der Waals surface area contributed by atoms with Crippen molar-refractivity contribution in [3.63, 3.8) is 0 Å². The van der Waals surface area contributed by atoms with Crippen LogP contribution in [0.25, 0.3) is 0 Å². The zero-order valence-electron chi connectivity index (χ0n) is 10.7. The lowest BCUT2D eigenvalue weighted by molar-refractivity contribution is -0.382. The Kier molecular flexibility index (Phi) is 5.47. The highest BCUT2D eigenvalue weighted by Crippen LogP contribution is 2.57. The molecule has 0 atom stereocenters. The second-order valence-corrected chi connectivity index (χ2v) is 8.35. The molecule has 4 nitrogen and oxygen atoms in total. The molecule has 20 heteroatoms. The van der Waals surface area contributed by atoms with Crippen molar-refractivity contribution in [1.29, 1.82) is 0 Å². The van der Waals surface area contributed by atoms with Crippen LogP contribution >= 0.6 is 0 Å².